The minimum Gasteiger partial charge on any atom is -0.493 e. The second kappa shape index (κ2) is 8.70. The van der Waals surface area contributed by atoms with E-state index >= 15 is 0 Å². The number of sulfonamides is 1. The first-order valence-corrected chi connectivity index (χ1v) is 10.3. The number of aryl methyl sites for hydroxylation is 2. The minimum atomic E-state index is -3.59. The molecule has 0 saturated carbocycles. The maximum atomic E-state index is 12.7. The van der Waals surface area contributed by atoms with Crippen molar-refractivity contribution in [1.29, 1.82) is 0 Å². The summed E-state index contributed by atoms with van der Waals surface area (Å²) < 4.78 is 35.8. The highest BCUT2D eigenvalue weighted by molar-refractivity contribution is 7.89. The van der Waals surface area contributed by atoms with Crippen LogP contribution in [0.3, 0.4) is 0 Å². The van der Waals surface area contributed by atoms with Gasteiger partial charge in [0.2, 0.25) is 10.0 Å². The highest BCUT2D eigenvalue weighted by Gasteiger charge is 2.21. The fraction of sp³-hybridized carbons (Fsp3) is 0.474. The molecule has 144 valence electrons. The van der Waals surface area contributed by atoms with E-state index in [2.05, 4.69) is 4.72 Å². The van der Waals surface area contributed by atoms with E-state index in [1.807, 2.05) is 62.8 Å². The van der Waals surface area contributed by atoms with E-state index in [-0.39, 0.29) is 10.9 Å². The molecule has 6 nitrogen and oxygen atoms in total. The van der Waals surface area contributed by atoms with E-state index in [1.54, 1.807) is 18.2 Å². The molecule has 0 amide bonds. The molecule has 7 heteroatoms. The number of hydrogen-bond acceptors (Lipinski definition) is 4. The molecule has 0 fully saturated rings. The highest BCUT2D eigenvalue weighted by atomic mass is 32.2. The summed E-state index contributed by atoms with van der Waals surface area (Å²) in [6.45, 7) is 4.80. The molecule has 1 aromatic carbocycles. The van der Waals surface area contributed by atoms with Crippen molar-refractivity contribution in [2.75, 3.05) is 27.2 Å². The van der Waals surface area contributed by atoms with Gasteiger partial charge in [-0.05, 0) is 63.3 Å². The van der Waals surface area contributed by atoms with Crippen molar-refractivity contribution in [1.82, 2.24) is 14.2 Å². The summed E-state index contributed by atoms with van der Waals surface area (Å²) in [5.74, 6) is 0.723. The number of benzene rings is 1. The maximum absolute atomic E-state index is 12.7. The van der Waals surface area contributed by atoms with Gasteiger partial charge in [0.05, 0.1) is 17.5 Å². The SMILES string of the molecule is CCCOc1ccc(S(=O)(=O)NCC(c2cccn2C)N(C)C)cc1C. The third-order valence-electron chi connectivity index (χ3n) is 4.33. The standard InChI is InChI=1S/C19H29N3O3S/c1-6-12-25-19-10-9-16(13-15(19)2)26(23,24)20-14-18(21(3)4)17-8-7-11-22(17)5/h7-11,13,18,20H,6,12,14H2,1-5H3. The molecule has 0 saturated heterocycles. The Bertz CT molecular complexity index is 828. The summed E-state index contributed by atoms with van der Waals surface area (Å²) in [7, 11) is 2.24. The lowest BCUT2D eigenvalue weighted by Crippen LogP contribution is -2.35. The fourth-order valence-electron chi connectivity index (χ4n) is 2.81. The molecule has 1 unspecified atom stereocenters. The van der Waals surface area contributed by atoms with Crippen molar-refractivity contribution in [3.63, 3.8) is 0 Å². The van der Waals surface area contributed by atoms with Crippen molar-refractivity contribution in [3.05, 3.63) is 47.8 Å². The van der Waals surface area contributed by atoms with Gasteiger partial charge in [0.15, 0.2) is 0 Å². The van der Waals surface area contributed by atoms with Crippen molar-refractivity contribution < 1.29 is 13.2 Å². The van der Waals surface area contributed by atoms with E-state index in [0.29, 0.717) is 13.2 Å². The van der Waals surface area contributed by atoms with Crippen LogP contribution in [0.1, 0.15) is 30.6 Å². The molecule has 1 N–H and O–H groups in total. The third-order valence-corrected chi connectivity index (χ3v) is 5.76. The van der Waals surface area contributed by atoms with Crippen LogP contribution < -0.4 is 9.46 Å². The first-order chi connectivity index (χ1) is 12.3. The lowest BCUT2D eigenvalue weighted by molar-refractivity contribution is 0.289. The van der Waals surface area contributed by atoms with Crippen LogP contribution in [0.25, 0.3) is 0 Å². The summed E-state index contributed by atoms with van der Waals surface area (Å²) in [6.07, 6.45) is 2.87. The van der Waals surface area contributed by atoms with Gasteiger partial charge in [0.25, 0.3) is 0 Å². The summed E-state index contributed by atoms with van der Waals surface area (Å²) in [5, 5.41) is 0. The molecule has 0 aliphatic heterocycles. The Morgan fingerprint density at radius 1 is 1.27 bits per heavy atom. The normalized spacial score (nSPS) is 13.2. The molecule has 1 heterocycles. The number of likely N-dealkylation sites (N-methyl/N-ethyl adjacent to an activating group) is 1. The fourth-order valence-corrected chi connectivity index (χ4v) is 3.93. The third kappa shape index (κ3) is 4.87. The minimum absolute atomic E-state index is 0.0574. The Kier molecular flexibility index (Phi) is 6.86. The second-order valence-electron chi connectivity index (χ2n) is 6.65. The van der Waals surface area contributed by atoms with E-state index in [0.717, 1.165) is 23.4 Å². The monoisotopic (exact) mass is 379 g/mol. The van der Waals surface area contributed by atoms with E-state index in [9.17, 15) is 8.42 Å². The Morgan fingerprint density at radius 2 is 2.00 bits per heavy atom. The van der Waals surface area contributed by atoms with E-state index < -0.39 is 10.0 Å². The summed E-state index contributed by atoms with van der Waals surface area (Å²) in [5.41, 5.74) is 1.87. The van der Waals surface area contributed by atoms with Crippen LogP contribution in [-0.2, 0) is 17.1 Å². The van der Waals surface area contributed by atoms with Crippen LogP contribution in [0.2, 0.25) is 0 Å². The van der Waals surface area contributed by atoms with Crippen LogP contribution in [0, 0.1) is 6.92 Å². The number of nitrogens with one attached hydrogen (secondary N) is 1. The number of aromatic nitrogens is 1. The van der Waals surface area contributed by atoms with Crippen LogP contribution in [-0.4, -0.2) is 45.1 Å². The van der Waals surface area contributed by atoms with Gasteiger partial charge in [-0.2, -0.15) is 0 Å². The van der Waals surface area contributed by atoms with Gasteiger partial charge >= 0.3 is 0 Å². The van der Waals surface area contributed by atoms with Gasteiger partial charge in [-0.3, -0.25) is 4.90 Å². The lowest BCUT2D eigenvalue weighted by Gasteiger charge is -2.25. The predicted octanol–water partition coefficient (Wildman–Crippen LogP) is 2.70. The smallest absolute Gasteiger partial charge is 0.240 e. The average molecular weight is 380 g/mol. The number of nitrogens with zero attached hydrogens (tertiary/aromatic N) is 2. The van der Waals surface area contributed by atoms with Gasteiger partial charge in [-0.1, -0.05) is 6.92 Å². The van der Waals surface area contributed by atoms with Crippen molar-refractivity contribution in [2.45, 2.75) is 31.2 Å². The quantitative estimate of drug-likeness (QED) is 0.728. The summed E-state index contributed by atoms with van der Waals surface area (Å²) >= 11 is 0. The molecule has 2 rings (SSSR count). The summed E-state index contributed by atoms with van der Waals surface area (Å²) in [6, 6.07) is 8.87. The predicted molar refractivity (Wildman–Crippen MR) is 104 cm³/mol. The Balaban J connectivity index is 2.15. The van der Waals surface area contributed by atoms with Crippen LogP contribution in [0.15, 0.2) is 41.4 Å². The van der Waals surface area contributed by atoms with Gasteiger partial charge in [0.1, 0.15) is 5.75 Å². The Hall–Kier alpha value is -1.83. The molecule has 1 atom stereocenters. The maximum Gasteiger partial charge on any atom is 0.240 e. The number of ether oxygens (including phenoxy) is 1. The van der Waals surface area contributed by atoms with E-state index in [1.165, 1.54) is 0 Å². The van der Waals surface area contributed by atoms with Gasteiger partial charge in [-0.25, -0.2) is 13.1 Å². The molecular weight excluding hydrogens is 350 g/mol. The van der Waals surface area contributed by atoms with Crippen molar-refractivity contribution in [3.8, 4) is 5.75 Å². The first-order valence-electron chi connectivity index (χ1n) is 8.77. The molecule has 0 radical (unpaired) electrons. The van der Waals surface area contributed by atoms with Crippen molar-refractivity contribution >= 4 is 10.0 Å². The number of rotatable bonds is 9. The molecule has 0 bridgehead atoms. The molecule has 0 aliphatic rings. The van der Waals surface area contributed by atoms with Gasteiger partial charge < -0.3 is 9.30 Å². The zero-order chi connectivity index (χ0) is 19.3. The van der Waals surface area contributed by atoms with E-state index in [4.69, 9.17) is 4.74 Å². The highest BCUT2D eigenvalue weighted by Crippen LogP contribution is 2.23. The van der Waals surface area contributed by atoms with Crippen LogP contribution in [0.5, 0.6) is 5.75 Å². The Morgan fingerprint density at radius 3 is 2.54 bits per heavy atom. The molecule has 0 spiro atoms. The molecule has 26 heavy (non-hydrogen) atoms. The molecular formula is C19H29N3O3S. The lowest BCUT2D eigenvalue weighted by atomic mass is 10.2. The molecule has 1 aromatic heterocycles. The topological polar surface area (TPSA) is 63.6 Å². The van der Waals surface area contributed by atoms with Gasteiger partial charge in [0, 0.05) is 25.5 Å². The second-order valence-corrected chi connectivity index (χ2v) is 8.42. The van der Waals surface area contributed by atoms with Crippen LogP contribution >= 0.6 is 0 Å². The molecule has 0 aliphatic carbocycles. The zero-order valence-corrected chi connectivity index (χ0v) is 17.0. The van der Waals surface area contributed by atoms with Crippen LogP contribution in [0.4, 0.5) is 0 Å². The number of hydrogen-bond donors (Lipinski definition) is 1. The molecule has 2 aromatic rings. The first kappa shape index (κ1) is 20.5. The summed E-state index contributed by atoms with van der Waals surface area (Å²) in [4.78, 5) is 2.26. The average Bonchev–Trinajstić information content (AvgIpc) is 2.99. The van der Waals surface area contributed by atoms with Gasteiger partial charge in [-0.15, -0.1) is 0 Å². The van der Waals surface area contributed by atoms with Crippen molar-refractivity contribution in [2.24, 2.45) is 7.05 Å². The zero-order valence-electron chi connectivity index (χ0n) is 16.2. The Labute approximate surface area is 156 Å². The largest absolute Gasteiger partial charge is 0.493 e.